The largest absolute Gasteiger partial charge is 0.502 e. The Balaban J connectivity index is 1.34. The van der Waals surface area contributed by atoms with Gasteiger partial charge in [-0.15, -0.1) is 0 Å². The number of aromatic nitrogens is 2. The maximum atomic E-state index is 12.6. The van der Waals surface area contributed by atoms with Gasteiger partial charge in [0.15, 0.2) is 11.4 Å². The molecule has 31 heavy (non-hydrogen) atoms. The van der Waals surface area contributed by atoms with E-state index >= 15 is 0 Å². The number of amides is 1. The van der Waals surface area contributed by atoms with Crippen LogP contribution in [0.4, 0.5) is 0 Å². The van der Waals surface area contributed by atoms with Crippen molar-refractivity contribution in [1.82, 2.24) is 14.6 Å². The second-order valence-electron chi connectivity index (χ2n) is 7.41. The molecule has 2 aromatic heterocycles. The summed E-state index contributed by atoms with van der Waals surface area (Å²) in [6.07, 6.45) is 11.7. The Labute approximate surface area is 180 Å². The summed E-state index contributed by atoms with van der Waals surface area (Å²) in [5, 5.41) is 9.96. The quantitative estimate of drug-likeness (QED) is 0.579. The summed E-state index contributed by atoms with van der Waals surface area (Å²) in [6.45, 7) is 0.686. The van der Waals surface area contributed by atoms with Crippen LogP contribution in [-0.2, 0) is 12.8 Å². The van der Waals surface area contributed by atoms with Crippen LogP contribution in [0.1, 0.15) is 33.6 Å². The minimum absolute atomic E-state index is 0.0329. The van der Waals surface area contributed by atoms with Crippen molar-refractivity contribution in [2.45, 2.75) is 19.3 Å². The van der Waals surface area contributed by atoms with Crippen LogP contribution in [0.15, 0.2) is 78.0 Å². The number of rotatable bonds is 7. The lowest BCUT2D eigenvalue weighted by atomic mass is 9.99. The predicted molar refractivity (Wildman–Crippen MR) is 119 cm³/mol. The number of pyridine rings is 2. The van der Waals surface area contributed by atoms with Crippen LogP contribution in [0.25, 0.3) is 0 Å². The van der Waals surface area contributed by atoms with Crippen LogP contribution in [0.5, 0.6) is 5.75 Å². The van der Waals surface area contributed by atoms with Crippen LogP contribution in [0.3, 0.4) is 0 Å². The van der Waals surface area contributed by atoms with E-state index in [1.54, 1.807) is 0 Å². The third kappa shape index (κ3) is 4.66. The molecule has 0 atom stereocenters. The Bertz CT molecular complexity index is 1150. The summed E-state index contributed by atoms with van der Waals surface area (Å²) in [7, 11) is 0. The lowest BCUT2D eigenvalue weighted by Crippen LogP contribution is -2.46. The van der Waals surface area contributed by atoms with E-state index in [1.807, 2.05) is 42.7 Å². The molecule has 0 radical (unpaired) electrons. The Morgan fingerprint density at radius 1 is 1.06 bits per heavy atom. The number of benzene rings is 1. The molecule has 0 saturated heterocycles. The topological polar surface area (TPSA) is 87.5 Å². The Morgan fingerprint density at radius 3 is 2.74 bits per heavy atom. The van der Waals surface area contributed by atoms with Crippen molar-refractivity contribution in [3.05, 3.63) is 106 Å². The normalized spacial score (nSPS) is 13.3. The van der Waals surface area contributed by atoms with Crippen molar-refractivity contribution in [3.8, 4) is 5.75 Å². The monoisotopic (exact) mass is 416 g/mol. The summed E-state index contributed by atoms with van der Waals surface area (Å²) < 4.78 is 1.39. The van der Waals surface area contributed by atoms with E-state index in [-0.39, 0.29) is 11.6 Å². The van der Waals surface area contributed by atoms with Gasteiger partial charge in [0, 0.05) is 31.2 Å². The smallest absolute Gasteiger partial charge is 0.278 e. The zero-order valence-electron chi connectivity index (χ0n) is 17.1. The van der Waals surface area contributed by atoms with Crippen molar-refractivity contribution < 1.29 is 9.90 Å². The van der Waals surface area contributed by atoms with Crippen LogP contribution in [0.2, 0.25) is 0 Å². The zero-order valence-corrected chi connectivity index (χ0v) is 17.1. The van der Waals surface area contributed by atoms with E-state index in [0.29, 0.717) is 13.2 Å². The zero-order chi connectivity index (χ0) is 21.6. The standard InChI is InChI=1S/C24H24N4O3/c29-21-11-14-28-22(23(21)30)24(31)27(17-26-28)13-6-2-5-9-19-10-12-25-16-20(19)15-18-7-3-1-4-8-18/h1-4,6-8,10-12,14,16,26,30H,5,9,13,15,17H2/b6-2-. The predicted octanol–water partition coefficient (Wildman–Crippen LogP) is 2.69. The molecule has 3 aromatic rings. The van der Waals surface area contributed by atoms with Gasteiger partial charge in [0.1, 0.15) is 6.67 Å². The molecule has 1 amide bonds. The number of carbonyl (C=O) groups is 1. The molecule has 1 aliphatic rings. The van der Waals surface area contributed by atoms with Gasteiger partial charge in [-0.1, -0.05) is 42.5 Å². The van der Waals surface area contributed by atoms with Gasteiger partial charge in [-0.2, -0.15) is 0 Å². The van der Waals surface area contributed by atoms with Crippen LogP contribution in [-0.4, -0.2) is 38.8 Å². The maximum absolute atomic E-state index is 12.6. The fourth-order valence-electron chi connectivity index (χ4n) is 3.63. The third-order valence-corrected chi connectivity index (χ3v) is 5.31. The van der Waals surface area contributed by atoms with Gasteiger partial charge in [-0.3, -0.25) is 19.2 Å². The second kappa shape index (κ2) is 9.30. The SMILES string of the molecule is O=C1c2c(O)c(=O)ccn2NCN1C/C=C\CCc1ccncc1Cc1ccccc1. The van der Waals surface area contributed by atoms with E-state index in [4.69, 9.17) is 0 Å². The molecule has 0 spiro atoms. The first-order valence-corrected chi connectivity index (χ1v) is 10.2. The molecule has 4 rings (SSSR count). The van der Waals surface area contributed by atoms with Crippen LogP contribution >= 0.6 is 0 Å². The van der Waals surface area contributed by atoms with Crippen molar-refractivity contribution >= 4 is 5.91 Å². The summed E-state index contributed by atoms with van der Waals surface area (Å²) in [4.78, 5) is 30.1. The molecule has 0 saturated carbocycles. The number of nitrogens with zero attached hydrogens (tertiary/aromatic N) is 3. The van der Waals surface area contributed by atoms with Crippen LogP contribution in [0, 0.1) is 0 Å². The van der Waals surface area contributed by atoms with Crippen molar-refractivity contribution in [2.75, 3.05) is 18.6 Å². The molecule has 0 unspecified atom stereocenters. The highest BCUT2D eigenvalue weighted by Gasteiger charge is 2.27. The first kappa shape index (κ1) is 20.4. The number of hydrogen-bond acceptors (Lipinski definition) is 5. The van der Waals surface area contributed by atoms with E-state index in [9.17, 15) is 14.7 Å². The average Bonchev–Trinajstić information content (AvgIpc) is 2.79. The van der Waals surface area contributed by atoms with Gasteiger partial charge < -0.3 is 15.4 Å². The van der Waals surface area contributed by atoms with E-state index in [0.717, 1.165) is 19.3 Å². The number of aryl methyl sites for hydroxylation is 1. The van der Waals surface area contributed by atoms with Gasteiger partial charge in [0.2, 0.25) is 5.43 Å². The first-order valence-electron chi connectivity index (χ1n) is 10.2. The summed E-state index contributed by atoms with van der Waals surface area (Å²) in [6, 6.07) is 13.6. The van der Waals surface area contributed by atoms with Gasteiger partial charge in [-0.25, -0.2) is 0 Å². The number of fused-ring (bicyclic) bond motifs is 1. The van der Waals surface area contributed by atoms with E-state index in [2.05, 4.69) is 28.6 Å². The Morgan fingerprint density at radius 2 is 1.90 bits per heavy atom. The summed E-state index contributed by atoms with van der Waals surface area (Å²) >= 11 is 0. The van der Waals surface area contributed by atoms with Crippen molar-refractivity contribution in [2.24, 2.45) is 0 Å². The first-order chi connectivity index (χ1) is 15.1. The number of carbonyl (C=O) groups excluding carboxylic acids is 1. The molecule has 1 aromatic carbocycles. The third-order valence-electron chi connectivity index (χ3n) is 5.31. The fourth-order valence-corrected chi connectivity index (χ4v) is 3.63. The highest BCUT2D eigenvalue weighted by molar-refractivity contribution is 5.96. The van der Waals surface area contributed by atoms with Crippen molar-refractivity contribution in [3.63, 3.8) is 0 Å². The number of allylic oxidation sites excluding steroid dienone is 1. The lowest BCUT2D eigenvalue weighted by Gasteiger charge is -2.30. The molecule has 1 aliphatic heterocycles. The van der Waals surface area contributed by atoms with E-state index in [1.165, 1.54) is 38.5 Å². The van der Waals surface area contributed by atoms with Gasteiger partial charge in [-0.05, 0) is 42.0 Å². The maximum Gasteiger partial charge on any atom is 0.278 e. The fraction of sp³-hybridized carbons (Fsp3) is 0.208. The minimum Gasteiger partial charge on any atom is -0.502 e. The molecule has 7 nitrogen and oxygen atoms in total. The van der Waals surface area contributed by atoms with Gasteiger partial charge >= 0.3 is 0 Å². The molecule has 2 N–H and O–H groups in total. The molecular formula is C24H24N4O3. The summed E-state index contributed by atoms with van der Waals surface area (Å²) in [5.74, 6) is -0.907. The average molecular weight is 416 g/mol. The molecule has 3 heterocycles. The summed E-state index contributed by atoms with van der Waals surface area (Å²) in [5.41, 5.74) is 6.13. The molecule has 158 valence electrons. The minimum atomic E-state index is -0.567. The Hall–Kier alpha value is -3.87. The highest BCUT2D eigenvalue weighted by Crippen LogP contribution is 2.17. The van der Waals surface area contributed by atoms with Crippen LogP contribution < -0.4 is 10.9 Å². The number of aromatic hydroxyl groups is 1. The molecular weight excluding hydrogens is 392 g/mol. The molecule has 0 aliphatic carbocycles. The van der Waals surface area contributed by atoms with Gasteiger partial charge in [0.05, 0.1) is 0 Å². The molecule has 7 heteroatoms. The second-order valence-corrected chi connectivity index (χ2v) is 7.41. The molecule has 0 fully saturated rings. The molecule has 0 bridgehead atoms. The van der Waals surface area contributed by atoms with Crippen molar-refractivity contribution in [1.29, 1.82) is 0 Å². The van der Waals surface area contributed by atoms with Gasteiger partial charge in [0.25, 0.3) is 5.91 Å². The highest BCUT2D eigenvalue weighted by atomic mass is 16.3. The van der Waals surface area contributed by atoms with E-state index < -0.39 is 11.2 Å². The lowest BCUT2D eigenvalue weighted by molar-refractivity contribution is 0.0741. The number of nitrogens with one attached hydrogen (secondary N) is 1. The number of hydrogen-bond donors (Lipinski definition) is 2. The Kier molecular flexibility index (Phi) is 6.12.